The Balaban J connectivity index is 0.000000469. The molecule has 1 heterocycles. The van der Waals surface area contributed by atoms with Crippen LogP contribution in [-0.4, -0.2) is 45.2 Å². The van der Waals surface area contributed by atoms with Gasteiger partial charge < -0.3 is 19.5 Å². The van der Waals surface area contributed by atoms with Crippen LogP contribution in [0.15, 0.2) is 57.7 Å². The molecule has 3 aromatic rings. The van der Waals surface area contributed by atoms with E-state index in [4.69, 9.17) is 24.2 Å². The molecule has 0 saturated heterocycles. The number of aromatic nitrogens is 1. The molecule has 0 spiro atoms. The molecule has 0 fully saturated rings. The second-order valence-electron chi connectivity index (χ2n) is 7.03. The fraction of sp³-hybridized carbons (Fsp3) is 0.318. The Hall–Kier alpha value is -3.39. The van der Waals surface area contributed by atoms with Crippen LogP contribution in [0.25, 0.3) is 11.1 Å². The molecule has 2 N–H and O–H groups in total. The molecule has 0 atom stereocenters. The third kappa shape index (κ3) is 6.89. The van der Waals surface area contributed by atoms with Crippen molar-refractivity contribution in [3.63, 3.8) is 0 Å². The summed E-state index contributed by atoms with van der Waals surface area (Å²) in [6, 6.07) is 16.2. The van der Waals surface area contributed by atoms with Gasteiger partial charge in [-0.2, -0.15) is 0 Å². The van der Waals surface area contributed by atoms with Crippen molar-refractivity contribution in [2.75, 3.05) is 13.6 Å². The Bertz CT molecular complexity index is 1040. The van der Waals surface area contributed by atoms with Crippen molar-refractivity contribution in [2.45, 2.75) is 32.9 Å². The maximum atomic E-state index is 11.9. The van der Waals surface area contributed by atoms with E-state index in [2.05, 4.69) is 43.1 Å². The Kier molecular flexibility index (Phi) is 8.37. The maximum absolute atomic E-state index is 11.9. The molecule has 0 aliphatic rings. The number of benzene rings is 2. The standard InChI is InChI=1S/C20H24N2O2.C2H2O4/c1-16-8-7-9-17(14-16)15-21(2)12-5-6-13-22-18-10-3-4-11-19(18)24-20(22)23;3-1(4)2(5)6/h3-4,7-11,14H,5-6,12-13,15H2,1-2H3;(H,3,4)(H,5,6). The van der Waals surface area contributed by atoms with Gasteiger partial charge in [0.15, 0.2) is 5.58 Å². The van der Waals surface area contributed by atoms with Gasteiger partial charge in [-0.25, -0.2) is 14.4 Å². The van der Waals surface area contributed by atoms with Crippen molar-refractivity contribution in [3.8, 4) is 0 Å². The number of nitrogens with zero attached hydrogens (tertiary/aromatic N) is 2. The van der Waals surface area contributed by atoms with E-state index in [1.54, 1.807) is 4.57 Å². The zero-order chi connectivity index (χ0) is 22.1. The third-order valence-electron chi connectivity index (χ3n) is 4.46. The molecule has 2 aromatic carbocycles. The molecule has 0 aliphatic carbocycles. The number of oxazole rings is 1. The number of aryl methyl sites for hydroxylation is 2. The molecular formula is C22H26N2O6. The predicted molar refractivity (Wildman–Crippen MR) is 112 cm³/mol. The van der Waals surface area contributed by atoms with E-state index < -0.39 is 11.9 Å². The van der Waals surface area contributed by atoms with Crippen LogP contribution in [0.1, 0.15) is 24.0 Å². The summed E-state index contributed by atoms with van der Waals surface area (Å²) in [7, 11) is 2.14. The molecule has 30 heavy (non-hydrogen) atoms. The van der Waals surface area contributed by atoms with Crippen LogP contribution < -0.4 is 5.76 Å². The molecule has 0 saturated carbocycles. The lowest BCUT2D eigenvalue weighted by molar-refractivity contribution is -0.159. The van der Waals surface area contributed by atoms with Gasteiger partial charge in [-0.15, -0.1) is 0 Å². The Morgan fingerprint density at radius 2 is 1.73 bits per heavy atom. The quantitative estimate of drug-likeness (QED) is 0.451. The van der Waals surface area contributed by atoms with E-state index in [0.717, 1.165) is 31.4 Å². The van der Waals surface area contributed by atoms with Crippen molar-refractivity contribution in [2.24, 2.45) is 0 Å². The Morgan fingerprint density at radius 1 is 1.03 bits per heavy atom. The highest BCUT2D eigenvalue weighted by atomic mass is 16.4. The van der Waals surface area contributed by atoms with Crippen molar-refractivity contribution in [1.82, 2.24) is 9.47 Å². The Morgan fingerprint density at radius 3 is 2.40 bits per heavy atom. The normalized spacial score (nSPS) is 10.6. The van der Waals surface area contributed by atoms with Crippen LogP contribution in [0.3, 0.4) is 0 Å². The van der Waals surface area contributed by atoms with Crippen LogP contribution in [0, 0.1) is 6.92 Å². The average molecular weight is 414 g/mol. The summed E-state index contributed by atoms with van der Waals surface area (Å²) in [6.07, 6.45) is 2.01. The van der Waals surface area contributed by atoms with Crippen molar-refractivity contribution >= 4 is 23.0 Å². The van der Waals surface area contributed by atoms with E-state index in [9.17, 15) is 4.79 Å². The van der Waals surface area contributed by atoms with Crippen LogP contribution in [-0.2, 0) is 22.7 Å². The van der Waals surface area contributed by atoms with Gasteiger partial charge in [0.2, 0.25) is 0 Å². The molecular weight excluding hydrogens is 388 g/mol. The number of para-hydroxylation sites is 2. The molecule has 8 heteroatoms. The van der Waals surface area contributed by atoms with Crippen LogP contribution in [0.2, 0.25) is 0 Å². The minimum Gasteiger partial charge on any atom is -0.473 e. The number of hydrogen-bond acceptors (Lipinski definition) is 5. The molecule has 3 rings (SSSR count). The van der Waals surface area contributed by atoms with Gasteiger partial charge in [0.1, 0.15) is 0 Å². The smallest absolute Gasteiger partial charge is 0.419 e. The van der Waals surface area contributed by atoms with E-state index in [1.165, 1.54) is 11.1 Å². The van der Waals surface area contributed by atoms with Crippen molar-refractivity contribution in [3.05, 3.63) is 70.2 Å². The van der Waals surface area contributed by atoms with Crippen LogP contribution in [0.4, 0.5) is 0 Å². The molecule has 0 bridgehead atoms. The average Bonchev–Trinajstić information content (AvgIpc) is 3.01. The number of rotatable bonds is 7. The number of fused-ring (bicyclic) bond motifs is 1. The summed E-state index contributed by atoms with van der Waals surface area (Å²) in [5.41, 5.74) is 4.19. The third-order valence-corrected chi connectivity index (χ3v) is 4.46. The zero-order valence-corrected chi connectivity index (χ0v) is 17.1. The Labute approximate surface area is 174 Å². The highest BCUT2D eigenvalue weighted by Gasteiger charge is 2.08. The van der Waals surface area contributed by atoms with Gasteiger partial charge in [0.25, 0.3) is 0 Å². The first-order valence-corrected chi connectivity index (χ1v) is 9.56. The molecule has 8 nitrogen and oxygen atoms in total. The summed E-state index contributed by atoms with van der Waals surface area (Å²) in [6.45, 7) is 4.79. The van der Waals surface area contributed by atoms with Crippen LogP contribution in [0.5, 0.6) is 0 Å². The second-order valence-corrected chi connectivity index (χ2v) is 7.03. The topological polar surface area (TPSA) is 113 Å². The summed E-state index contributed by atoms with van der Waals surface area (Å²) >= 11 is 0. The number of unbranched alkanes of at least 4 members (excludes halogenated alkanes) is 1. The summed E-state index contributed by atoms with van der Waals surface area (Å²) in [4.78, 5) is 32.4. The van der Waals surface area contributed by atoms with E-state index in [-0.39, 0.29) is 5.76 Å². The number of hydrogen-bond donors (Lipinski definition) is 2. The second kappa shape index (κ2) is 11.0. The van der Waals surface area contributed by atoms with Gasteiger partial charge in [-0.1, -0.05) is 42.0 Å². The SMILES string of the molecule is Cc1cccc(CN(C)CCCCn2c(=O)oc3ccccc32)c1.O=C(O)C(=O)O. The van der Waals surface area contributed by atoms with Gasteiger partial charge in [-0.3, -0.25) is 4.57 Å². The number of carbonyl (C=O) groups is 2. The van der Waals surface area contributed by atoms with Gasteiger partial charge in [0.05, 0.1) is 5.52 Å². The van der Waals surface area contributed by atoms with Crippen molar-refractivity contribution in [1.29, 1.82) is 0 Å². The van der Waals surface area contributed by atoms with Gasteiger partial charge in [-0.05, 0) is 51.1 Å². The summed E-state index contributed by atoms with van der Waals surface area (Å²) in [5.74, 6) is -3.91. The lowest BCUT2D eigenvalue weighted by Gasteiger charge is -2.17. The van der Waals surface area contributed by atoms with E-state index in [1.807, 2.05) is 24.3 Å². The number of aliphatic carboxylic acids is 2. The molecule has 0 radical (unpaired) electrons. The highest BCUT2D eigenvalue weighted by Crippen LogP contribution is 2.13. The predicted octanol–water partition coefficient (Wildman–Crippen LogP) is 2.97. The van der Waals surface area contributed by atoms with Crippen molar-refractivity contribution < 1.29 is 24.2 Å². The molecule has 0 amide bonds. The number of carboxylic acid groups (broad SMARTS) is 2. The lowest BCUT2D eigenvalue weighted by Crippen LogP contribution is -2.20. The fourth-order valence-corrected chi connectivity index (χ4v) is 3.08. The first kappa shape index (κ1) is 22.9. The zero-order valence-electron chi connectivity index (χ0n) is 17.1. The highest BCUT2D eigenvalue weighted by molar-refractivity contribution is 6.27. The minimum atomic E-state index is -1.82. The minimum absolute atomic E-state index is 0.260. The maximum Gasteiger partial charge on any atom is 0.419 e. The van der Waals surface area contributed by atoms with Gasteiger partial charge in [0, 0.05) is 13.1 Å². The molecule has 160 valence electrons. The monoisotopic (exact) mass is 414 g/mol. The molecule has 1 aromatic heterocycles. The first-order valence-electron chi connectivity index (χ1n) is 9.56. The lowest BCUT2D eigenvalue weighted by atomic mass is 10.1. The van der Waals surface area contributed by atoms with Gasteiger partial charge >= 0.3 is 17.7 Å². The molecule has 0 aliphatic heterocycles. The largest absolute Gasteiger partial charge is 0.473 e. The summed E-state index contributed by atoms with van der Waals surface area (Å²) < 4.78 is 7.00. The fourth-order valence-electron chi connectivity index (χ4n) is 3.08. The van der Waals surface area contributed by atoms with E-state index in [0.29, 0.717) is 12.1 Å². The summed E-state index contributed by atoms with van der Waals surface area (Å²) in [5, 5.41) is 14.8. The van der Waals surface area contributed by atoms with Crippen LogP contribution >= 0.6 is 0 Å². The first-order chi connectivity index (χ1) is 14.3. The molecule has 0 unspecified atom stereocenters. The number of carboxylic acids is 2. The van der Waals surface area contributed by atoms with E-state index >= 15 is 0 Å².